The van der Waals surface area contributed by atoms with Crippen LogP contribution in [0.4, 0.5) is 5.82 Å². The number of carbonyl (C=O) groups is 1. The molecule has 2 rings (SSSR count). The van der Waals surface area contributed by atoms with Crippen LogP contribution >= 0.6 is 0 Å². The Kier molecular flexibility index (Phi) is 3.05. The minimum absolute atomic E-state index is 0.103. The molecular weight excluding hydrogens is 216 g/mol. The second-order valence-corrected chi connectivity index (χ2v) is 3.68. The summed E-state index contributed by atoms with van der Waals surface area (Å²) in [6.07, 6.45) is -0.103. The van der Waals surface area contributed by atoms with Crippen molar-refractivity contribution in [1.82, 2.24) is 4.98 Å². The molecule has 3 N–H and O–H groups in total. The minimum Gasteiger partial charge on any atom is -0.481 e. The lowest BCUT2D eigenvalue weighted by Gasteiger charge is -2.05. The van der Waals surface area contributed by atoms with Crippen LogP contribution in [0.5, 0.6) is 0 Å². The predicted octanol–water partition coefficient (Wildman–Crippen LogP) is 1.96. The van der Waals surface area contributed by atoms with E-state index in [1.165, 1.54) is 0 Å². The lowest BCUT2D eigenvalue weighted by Crippen LogP contribution is -2.05. The number of aliphatic carboxylic acids is 1. The minimum atomic E-state index is -0.911. The highest BCUT2D eigenvalue weighted by atomic mass is 16.4. The maximum absolute atomic E-state index is 10.6. The Morgan fingerprint density at radius 3 is 2.47 bits per heavy atom. The van der Waals surface area contributed by atoms with Crippen molar-refractivity contribution >= 4 is 11.8 Å². The van der Waals surface area contributed by atoms with E-state index >= 15 is 0 Å². The summed E-state index contributed by atoms with van der Waals surface area (Å²) in [4.78, 5) is 14.8. The van der Waals surface area contributed by atoms with Gasteiger partial charge in [-0.25, -0.2) is 4.98 Å². The molecule has 86 valence electrons. The summed E-state index contributed by atoms with van der Waals surface area (Å²) in [6.45, 7) is 0. The summed E-state index contributed by atoms with van der Waals surface area (Å²) in [7, 11) is 0. The van der Waals surface area contributed by atoms with Crippen LogP contribution in [0.15, 0.2) is 42.5 Å². The van der Waals surface area contributed by atoms with Gasteiger partial charge in [0.2, 0.25) is 0 Å². The lowest BCUT2D eigenvalue weighted by molar-refractivity contribution is -0.136. The van der Waals surface area contributed by atoms with E-state index in [1.54, 1.807) is 12.1 Å². The molecule has 2 aromatic rings. The number of aromatic nitrogens is 1. The first-order chi connectivity index (χ1) is 8.16. The molecule has 1 aromatic heterocycles. The average Bonchev–Trinajstić information content (AvgIpc) is 2.32. The molecule has 0 bridgehead atoms. The van der Waals surface area contributed by atoms with E-state index in [0.717, 1.165) is 11.3 Å². The third-order valence-corrected chi connectivity index (χ3v) is 2.42. The zero-order valence-electron chi connectivity index (χ0n) is 9.13. The van der Waals surface area contributed by atoms with Gasteiger partial charge in [-0.15, -0.1) is 0 Å². The molecule has 0 aliphatic carbocycles. The first-order valence-corrected chi connectivity index (χ1v) is 5.19. The van der Waals surface area contributed by atoms with E-state index in [2.05, 4.69) is 4.98 Å². The van der Waals surface area contributed by atoms with E-state index in [9.17, 15) is 4.79 Å². The van der Waals surface area contributed by atoms with Crippen molar-refractivity contribution in [1.29, 1.82) is 0 Å². The molecule has 0 unspecified atom stereocenters. The Balaban J connectivity index is 2.34. The van der Waals surface area contributed by atoms with Crippen LogP contribution in [0, 0.1) is 0 Å². The Hall–Kier alpha value is -2.36. The summed E-state index contributed by atoms with van der Waals surface area (Å²) in [5.41, 5.74) is 7.98. The number of anilines is 1. The van der Waals surface area contributed by atoms with Crippen molar-refractivity contribution < 1.29 is 9.90 Å². The Morgan fingerprint density at radius 1 is 1.18 bits per heavy atom. The van der Waals surface area contributed by atoms with Gasteiger partial charge in [-0.3, -0.25) is 4.79 Å². The van der Waals surface area contributed by atoms with Gasteiger partial charge in [-0.05, 0) is 6.07 Å². The van der Waals surface area contributed by atoms with Crippen molar-refractivity contribution in [3.8, 4) is 11.3 Å². The van der Waals surface area contributed by atoms with Gasteiger partial charge in [-0.2, -0.15) is 0 Å². The van der Waals surface area contributed by atoms with Gasteiger partial charge < -0.3 is 10.8 Å². The second kappa shape index (κ2) is 4.65. The van der Waals surface area contributed by atoms with Crippen molar-refractivity contribution in [2.75, 3.05) is 5.73 Å². The number of carboxylic acid groups (broad SMARTS) is 1. The van der Waals surface area contributed by atoms with E-state index in [4.69, 9.17) is 10.8 Å². The zero-order chi connectivity index (χ0) is 12.3. The number of benzene rings is 1. The molecule has 0 amide bonds. The number of nitrogens with two attached hydrogens (primary N) is 1. The quantitative estimate of drug-likeness (QED) is 0.841. The van der Waals surface area contributed by atoms with E-state index < -0.39 is 5.97 Å². The standard InChI is InChI=1S/C13H12N2O2/c14-13-10(8-12(16)17)6-7-11(15-13)9-4-2-1-3-5-9/h1-7H,8H2,(H2,14,15)(H,16,17). The van der Waals surface area contributed by atoms with Gasteiger partial charge in [0.1, 0.15) is 5.82 Å². The number of hydrogen-bond donors (Lipinski definition) is 2. The van der Waals surface area contributed by atoms with Crippen molar-refractivity contribution in [3.63, 3.8) is 0 Å². The van der Waals surface area contributed by atoms with Crippen LogP contribution in [0.3, 0.4) is 0 Å². The lowest BCUT2D eigenvalue weighted by atomic mass is 10.1. The maximum Gasteiger partial charge on any atom is 0.307 e. The first-order valence-electron chi connectivity index (χ1n) is 5.19. The van der Waals surface area contributed by atoms with Crippen LogP contribution in [0.2, 0.25) is 0 Å². The van der Waals surface area contributed by atoms with Gasteiger partial charge >= 0.3 is 5.97 Å². The number of nitrogen functional groups attached to an aromatic ring is 1. The fraction of sp³-hybridized carbons (Fsp3) is 0.0769. The van der Waals surface area contributed by atoms with Gasteiger partial charge in [0.25, 0.3) is 0 Å². The second-order valence-electron chi connectivity index (χ2n) is 3.68. The first kappa shape index (κ1) is 11.1. The van der Waals surface area contributed by atoms with E-state index in [-0.39, 0.29) is 12.2 Å². The Bertz CT molecular complexity index is 538. The number of nitrogens with zero attached hydrogens (tertiary/aromatic N) is 1. The van der Waals surface area contributed by atoms with Gasteiger partial charge in [0.15, 0.2) is 0 Å². The van der Waals surface area contributed by atoms with Crippen LogP contribution in [-0.4, -0.2) is 16.1 Å². The number of hydrogen-bond acceptors (Lipinski definition) is 3. The highest BCUT2D eigenvalue weighted by Gasteiger charge is 2.07. The van der Waals surface area contributed by atoms with Crippen LogP contribution in [-0.2, 0) is 11.2 Å². The predicted molar refractivity (Wildman–Crippen MR) is 65.4 cm³/mol. The fourth-order valence-electron chi connectivity index (χ4n) is 1.59. The van der Waals surface area contributed by atoms with Gasteiger partial charge in [-0.1, -0.05) is 36.4 Å². The molecule has 17 heavy (non-hydrogen) atoms. The molecule has 0 radical (unpaired) electrons. The molecule has 0 fully saturated rings. The Labute approximate surface area is 98.7 Å². The summed E-state index contributed by atoms with van der Waals surface area (Å²) >= 11 is 0. The molecular formula is C13H12N2O2. The monoisotopic (exact) mass is 228 g/mol. The molecule has 4 nitrogen and oxygen atoms in total. The number of rotatable bonds is 3. The van der Waals surface area contributed by atoms with Crippen LogP contribution in [0.25, 0.3) is 11.3 Å². The topological polar surface area (TPSA) is 76.2 Å². The smallest absolute Gasteiger partial charge is 0.307 e. The molecule has 4 heteroatoms. The third kappa shape index (κ3) is 2.60. The van der Waals surface area contributed by atoms with Gasteiger partial charge in [0, 0.05) is 11.1 Å². The summed E-state index contributed by atoms with van der Waals surface area (Å²) in [6, 6.07) is 13.1. The van der Waals surface area contributed by atoms with Gasteiger partial charge in [0.05, 0.1) is 12.1 Å². The molecule has 0 aliphatic rings. The normalized spacial score (nSPS) is 10.1. The summed E-state index contributed by atoms with van der Waals surface area (Å²) < 4.78 is 0. The van der Waals surface area contributed by atoms with Crippen molar-refractivity contribution in [2.45, 2.75) is 6.42 Å². The third-order valence-electron chi connectivity index (χ3n) is 2.42. The molecule has 1 heterocycles. The van der Waals surface area contributed by atoms with Crippen molar-refractivity contribution in [3.05, 3.63) is 48.0 Å². The highest BCUT2D eigenvalue weighted by Crippen LogP contribution is 2.20. The average molecular weight is 228 g/mol. The highest BCUT2D eigenvalue weighted by molar-refractivity contribution is 5.73. The summed E-state index contributed by atoms with van der Waals surface area (Å²) in [5, 5.41) is 8.69. The SMILES string of the molecule is Nc1nc(-c2ccccc2)ccc1CC(=O)O. The van der Waals surface area contributed by atoms with E-state index in [0.29, 0.717) is 5.56 Å². The number of carboxylic acids is 1. The fourth-order valence-corrected chi connectivity index (χ4v) is 1.59. The maximum atomic E-state index is 10.6. The molecule has 0 aliphatic heterocycles. The van der Waals surface area contributed by atoms with E-state index in [1.807, 2.05) is 30.3 Å². The van der Waals surface area contributed by atoms with Crippen LogP contribution < -0.4 is 5.73 Å². The van der Waals surface area contributed by atoms with Crippen LogP contribution in [0.1, 0.15) is 5.56 Å². The molecule has 0 atom stereocenters. The molecule has 0 spiro atoms. The zero-order valence-corrected chi connectivity index (χ0v) is 9.13. The van der Waals surface area contributed by atoms with Crippen molar-refractivity contribution in [2.24, 2.45) is 0 Å². The molecule has 1 aromatic carbocycles. The largest absolute Gasteiger partial charge is 0.481 e. The Morgan fingerprint density at radius 2 is 1.88 bits per heavy atom. The molecule has 0 saturated heterocycles. The summed E-state index contributed by atoms with van der Waals surface area (Å²) in [5.74, 6) is -0.639. The molecule has 0 saturated carbocycles. The number of pyridine rings is 1.